The van der Waals surface area contributed by atoms with E-state index in [1.165, 1.54) is 6.42 Å². The summed E-state index contributed by atoms with van der Waals surface area (Å²) in [6, 6.07) is 0. The molecule has 2 heterocycles. The van der Waals surface area contributed by atoms with Crippen LogP contribution >= 0.6 is 24.0 Å². The highest BCUT2D eigenvalue weighted by Gasteiger charge is 2.24. The molecule has 0 aromatic carbocycles. The third-order valence-electron chi connectivity index (χ3n) is 3.66. The number of likely N-dealkylation sites (tertiary alicyclic amines) is 1. The maximum atomic E-state index is 5.25. The molecule has 6 nitrogen and oxygen atoms in total. The lowest BCUT2D eigenvalue weighted by molar-refractivity contribution is 0.157. The van der Waals surface area contributed by atoms with Gasteiger partial charge in [-0.1, -0.05) is 0 Å². The fraction of sp³-hybridized carbons (Fsp3) is 0.714. The van der Waals surface area contributed by atoms with Crippen LogP contribution in [0.15, 0.2) is 11.2 Å². The molecular weight excluding hydrogens is 381 g/mol. The topological polar surface area (TPSA) is 65.5 Å². The number of nitrogens with zero attached hydrogens (tertiary/aromatic N) is 3. The van der Waals surface area contributed by atoms with Gasteiger partial charge in [-0.2, -0.15) is 5.10 Å². The first-order chi connectivity index (χ1) is 9.74. The van der Waals surface area contributed by atoms with Gasteiger partial charge in [-0.05, 0) is 20.3 Å². The van der Waals surface area contributed by atoms with Gasteiger partial charge in [0.2, 0.25) is 0 Å². The number of guanidine groups is 1. The number of aromatic nitrogens is 2. The van der Waals surface area contributed by atoms with Crippen molar-refractivity contribution in [2.75, 3.05) is 33.4 Å². The molecule has 0 bridgehead atoms. The van der Waals surface area contributed by atoms with E-state index >= 15 is 0 Å². The Morgan fingerprint density at radius 1 is 1.62 bits per heavy atom. The summed E-state index contributed by atoms with van der Waals surface area (Å²) in [4.78, 5) is 7.05. The molecule has 1 aliphatic rings. The zero-order valence-electron chi connectivity index (χ0n) is 13.1. The van der Waals surface area contributed by atoms with E-state index in [9.17, 15) is 0 Å². The maximum Gasteiger partial charge on any atom is 0.194 e. The van der Waals surface area contributed by atoms with Gasteiger partial charge in [0, 0.05) is 43.9 Å². The fourth-order valence-corrected chi connectivity index (χ4v) is 2.52. The summed E-state index contributed by atoms with van der Waals surface area (Å²) in [6.07, 6.45) is 3.02. The van der Waals surface area contributed by atoms with E-state index in [1.807, 2.05) is 13.1 Å². The van der Waals surface area contributed by atoms with Crippen LogP contribution in [0.25, 0.3) is 0 Å². The van der Waals surface area contributed by atoms with Gasteiger partial charge < -0.3 is 15.0 Å². The van der Waals surface area contributed by atoms with Crippen molar-refractivity contribution >= 4 is 29.9 Å². The second kappa shape index (κ2) is 9.24. The van der Waals surface area contributed by atoms with E-state index in [-0.39, 0.29) is 24.0 Å². The largest absolute Gasteiger partial charge is 0.384 e. The Morgan fingerprint density at radius 3 is 3.05 bits per heavy atom. The molecule has 2 rings (SSSR count). The van der Waals surface area contributed by atoms with E-state index < -0.39 is 0 Å². The molecule has 7 heteroatoms. The summed E-state index contributed by atoms with van der Waals surface area (Å²) in [5.74, 6) is 1.60. The molecule has 1 unspecified atom stereocenters. The van der Waals surface area contributed by atoms with Crippen molar-refractivity contribution in [3.05, 3.63) is 17.5 Å². The van der Waals surface area contributed by atoms with Gasteiger partial charge >= 0.3 is 0 Å². The lowest BCUT2D eigenvalue weighted by atomic mass is 10.1. The van der Waals surface area contributed by atoms with Gasteiger partial charge in [0.1, 0.15) is 0 Å². The average Bonchev–Trinajstić information content (AvgIpc) is 3.05. The Hall–Kier alpha value is -0.830. The highest BCUT2D eigenvalue weighted by molar-refractivity contribution is 14.0. The van der Waals surface area contributed by atoms with E-state index in [0.29, 0.717) is 12.5 Å². The molecule has 2 N–H and O–H groups in total. The molecule has 1 saturated heterocycles. The van der Waals surface area contributed by atoms with E-state index in [1.54, 1.807) is 7.11 Å². The number of hydrogen-bond acceptors (Lipinski definition) is 3. The average molecular weight is 407 g/mol. The van der Waals surface area contributed by atoms with Crippen LogP contribution in [0.3, 0.4) is 0 Å². The van der Waals surface area contributed by atoms with Gasteiger partial charge in [-0.25, -0.2) is 4.99 Å². The van der Waals surface area contributed by atoms with Crippen LogP contribution in [0.5, 0.6) is 0 Å². The maximum absolute atomic E-state index is 5.25. The molecule has 1 atom stereocenters. The first-order valence-electron chi connectivity index (χ1n) is 7.25. The fourth-order valence-electron chi connectivity index (χ4n) is 2.52. The second-order valence-electron chi connectivity index (χ2n) is 5.25. The summed E-state index contributed by atoms with van der Waals surface area (Å²) < 4.78 is 5.25. The van der Waals surface area contributed by atoms with Crippen LogP contribution in [0.1, 0.15) is 24.6 Å². The predicted molar refractivity (Wildman–Crippen MR) is 95.1 cm³/mol. The summed E-state index contributed by atoms with van der Waals surface area (Å²) in [6.45, 7) is 8.56. The predicted octanol–water partition coefficient (Wildman–Crippen LogP) is 1.77. The second-order valence-corrected chi connectivity index (χ2v) is 5.25. The Labute approximate surface area is 143 Å². The molecule has 0 spiro atoms. The molecule has 1 aliphatic heterocycles. The first kappa shape index (κ1) is 18.2. The minimum Gasteiger partial charge on any atom is -0.384 e. The highest BCUT2D eigenvalue weighted by Crippen LogP contribution is 2.16. The summed E-state index contributed by atoms with van der Waals surface area (Å²) in [5.41, 5.74) is 2.23. The lowest BCUT2D eigenvalue weighted by Crippen LogP contribution is -2.40. The van der Waals surface area contributed by atoms with Crippen molar-refractivity contribution < 1.29 is 4.74 Å². The Balaban J connectivity index is 0.00000220. The van der Waals surface area contributed by atoms with Crippen molar-refractivity contribution in [3.8, 4) is 0 Å². The normalized spacial score (nSPS) is 18.7. The van der Waals surface area contributed by atoms with E-state index in [2.05, 4.69) is 27.3 Å². The van der Waals surface area contributed by atoms with Crippen molar-refractivity contribution in [1.29, 1.82) is 0 Å². The Bertz CT molecular complexity index is 448. The molecule has 1 aromatic heterocycles. The number of hydrogen-bond donors (Lipinski definition) is 2. The lowest BCUT2D eigenvalue weighted by Gasteiger charge is -2.21. The highest BCUT2D eigenvalue weighted by atomic mass is 127. The van der Waals surface area contributed by atoms with Crippen LogP contribution in [-0.4, -0.2) is 54.4 Å². The smallest absolute Gasteiger partial charge is 0.194 e. The SMILES string of the molecule is CCNC(=NCc1cn[nH]c1C)N1CCC(COC)C1.I. The van der Waals surface area contributed by atoms with Crippen molar-refractivity contribution in [1.82, 2.24) is 20.4 Å². The van der Waals surface area contributed by atoms with Crippen molar-refractivity contribution in [2.24, 2.45) is 10.9 Å². The monoisotopic (exact) mass is 407 g/mol. The van der Waals surface area contributed by atoms with Crippen molar-refractivity contribution in [3.63, 3.8) is 0 Å². The summed E-state index contributed by atoms with van der Waals surface area (Å²) in [5, 5.41) is 10.4. The molecule has 0 aliphatic carbocycles. The number of ether oxygens (including phenoxy) is 1. The van der Waals surface area contributed by atoms with Gasteiger partial charge in [0.15, 0.2) is 5.96 Å². The van der Waals surface area contributed by atoms with Crippen LogP contribution in [0, 0.1) is 12.8 Å². The van der Waals surface area contributed by atoms with Gasteiger partial charge in [-0.15, -0.1) is 24.0 Å². The van der Waals surface area contributed by atoms with Gasteiger partial charge in [0.05, 0.1) is 19.3 Å². The standard InChI is InChI=1S/C14H25N5O.HI/c1-4-15-14(16-7-13-8-17-18-11(13)2)19-6-5-12(9-19)10-20-3;/h8,12H,4-7,9-10H2,1-3H3,(H,15,16)(H,17,18);1H. The van der Waals surface area contributed by atoms with Crippen LogP contribution in [0.2, 0.25) is 0 Å². The van der Waals surface area contributed by atoms with Gasteiger partial charge in [-0.3, -0.25) is 5.10 Å². The molecular formula is C14H26IN5O. The molecule has 1 aromatic rings. The third-order valence-corrected chi connectivity index (χ3v) is 3.66. The van der Waals surface area contributed by atoms with Crippen molar-refractivity contribution in [2.45, 2.75) is 26.8 Å². The number of aryl methyl sites for hydroxylation is 1. The Kier molecular flexibility index (Phi) is 8.02. The zero-order valence-corrected chi connectivity index (χ0v) is 15.4. The number of aromatic amines is 1. The number of H-pyrrole nitrogens is 1. The van der Waals surface area contributed by atoms with Crippen LogP contribution in [0.4, 0.5) is 0 Å². The zero-order chi connectivity index (χ0) is 14.4. The van der Waals surface area contributed by atoms with Crippen LogP contribution < -0.4 is 5.32 Å². The number of halogens is 1. The first-order valence-corrected chi connectivity index (χ1v) is 7.25. The van der Waals surface area contributed by atoms with E-state index in [0.717, 1.165) is 43.5 Å². The molecule has 0 radical (unpaired) electrons. The van der Waals surface area contributed by atoms with Crippen LogP contribution in [-0.2, 0) is 11.3 Å². The van der Waals surface area contributed by atoms with Gasteiger partial charge in [0.25, 0.3) is 0 Å². The minimum atomic E-state index is 0. The quantitative estimate of drug-likeness (QED) is 0.444. The number of rotatable bonds is 5. The number of aliphatic imine (C=N–C) groups is 1. The molecule has 120 valence electrons. The molecule has 1 fully saturated rings. The molecule has 0 saturated carbocycles. The summed E-state index contributed by atoms with van der Waals surface area (Å²) >= 11 is 0. The third kappa shape index (κ3) is 5.14. The Morgan fingerprint density at radius 2 is 2.43 bits per heavy atom. The number of methoxy groups -OCH3 is 1. The minimum absolute atomic E-state index is 0. The molecule has 0 amide bonds. The molecule has 21 heavy (non-hydrogen) atoms. The number of nitrogens with one attached hydrogen (secondary N) is 2. The summed E-state index contributed by atoms with van der Waals surface area (Å²) in [7, 11) is 1.77. The van der Waals surface area contributed by atoms with E-state index in [4.69, 9.17) is 9.73 Å².